The predicted octanol–water partition coefficient (Wildman–Crippen LogP) is 1.88. The van der Waals surface area contributed by atoms with Crippen LogP contribution in [0.15, 0.2) is 36.0 Å². The summed E-state index contributed by atoms with van der Waals surface area (Å²) in [4.78, 5) is 28.5. The van der Waals surface area contributed by atoms with E-state index in [2.05, 4.69) is 4.90 Å². The minimum absolute atomic E-state index is 0.141. The summed E-state index contributed by atoms with van der Waals surface area (Å²) in [5, 5.41) is 0. The first-order valence-electron chi connectivity index (χ1n) is 7.15. The Hall–Kier alpha value is -2.10. The highest BCUT2D eigenvalue weighted by molar-refractivity contribution is 6.35. The number of benzene rings is 1. The standard InChI is InChI=1S/C16H18N2O2/c1-2-18-15(19)13(12-8-4-3-5-9-12)14(16(18)20)17-10-6-7-11-17/h3-5,8-9H,2,6-7,10-11H2,1H3. The fourth-order valence-electron chi connectivity index (χ4n) is 2.95. The molecule has 2 amide bonds. The second-order valence-corrected chi connectivity index (χ2v) is 5.14. The molecule has 0 atom stereocenters. The maximum atomic E-state index is 12.5. The Kier molecular flexibility index (Phi) is 3.30. The molecule has 0 unspecified atom stereocenters. The van der Waals surface area contributed by atoms with Gasteiger partial charge in [-0.3, -0.25) is 14.5 Å². The highest BCUT2D eigenvalue weighted by Gasteiger charge is 2.41. The van der Waals surface area contributed by atoms with E-state index < -0.39 is 0 Å². The molecule has 4 nitrogen and oxygen atoms in total. The lowest BCUT2D eigenvalue weighted by atomic mass is 10.0. The normalized spacial score (nSPS) is 19.4. The van der Waals surface area contributed by atoms with E-state index in [-0.39, 0.29) is 11.8 Å². The summed E-state index contributed by atoms with van der Waals surface area (Å²) in [6.07, 6.45) is 2.17. The summed E-state index contributed by atoms with van der Waals surface area (Å²) in [5.41, 5.74) is 2.00. The van der Waals surface area contributed by atoms with E-state index in [1.807, 2.05) is 37.3 Å². The topological polar surface area (TPSA) is 40.6 Å². The number of carbonyl (C=O) groups is 2. The fraction of sp³-hybridized carbons (Fsp3) is 0.375. The number of rotatable bonds is 3. The molecule has 0 radical (unpaired) electrons. The van der Waals surface area contributed by atoms with Gasteiger partial charge in [0.15, 0.2) is 0 Å². The van der Waals surface area contributed by atoms with Crippen molar-refractivity contribution in [3.05, 3.63) is 41.6 Å². The molecule has 0 N–H and O–H groups in total. The molecule has 4 heteroatoms. The molecule has 1 fully saturated rings. The van der Waals surface area contributed by atoms with Crippen LogP contribution >= 0.6 is 0 Å². The van der Waals surface area contributed by atoms with Gasteiger partial charge in [0, 0.05) is 19.6 Å². The Labute approximate surface area is 118 Å². The molecule has 0 bridgehead atoms. The van der Waals surface area contributed by atoms with Crippen LogP contribution in [-0.2, 0) is 9.59 Å². The number of hydrogen-bond acceptors (Lipinski definition) is 3. The quantitative estimate of drug-likeness (QED) is 0.787. The highest BCUT2D eigenvalue weighted by atomic mass is 16.2. The first-order valence-corrected chi connectivity index (χ1v) is 7.15. The van der Waals surface area contributed by atoms with Crippen LogP contribution in [-0.4, -0.2) is 41.2 Å². The van der Waals surface area contributed by atoms with Gasteiger partial charge in [-0.05, 0) is 25.3 Å². The lowest BCUT2D eigenvalue weighted by Crippen LogP contribution is -2.34. The maximum absolute atomic E-state index is 12.5. The molecule has 1 aromatic rings. The molecular weight excluding hydrogens is 252 g/mol. The van der Waals surface area contributed by atoms with Crippen LogP contribution in [0.2, 0.25) is 0 Å². The molecule has 2 heterocycles. The molecule has 0 spiro atoms. The number of imide groups is 1. The van der Waals surface area contributed by atoms with Crippen molar-refractivity contribution in [2.45, 2.75) is 19.8 Å². The van der Waals surface area contributed by atoms with E-state index in [0.717, 1.165) is 31.5 Å². The number of hydrogen-bond donors (Lipinski definition) is 0. The summed E-state index contributed by atoms with van der Waals surface area (Å²) in [6, 6.07) is 9.51. The number of carbonyl (C=O) groups excluding carboxylic acids is 2. The Morgan fingerprint density at radius 3 is 2.25 bits per heavy atom. The molecule has 2 aliphatic rings. The summed E-state index contributed by atoms with van der Waals surface area (Å²) >= 11 is 0. The van der Waals surface area contributed by atoms with Crippen molar-refractivity contribution in [3.63, 3.8) is 0 Å². The second kappa shape index (κ2) is 5.12. The van der Waals surface area contributed by atoms with Crippen molar-refractivity contribution in [2.75, 3.05) is 19.6 Å². The van der Waals surface area contributed by atoms with Crippen LogP contribution in [0.1, 0.15) is 25.3 Å². The van der Waals surface area contributed by atoms with Crippen LogP contribution in [0, 0.1) is 0 Å². The predicted molar refractivity (Wildman–Crippen MR) is 76.6 cm³/mol. The molecule has 2 aliphatic heterocycles. The molecule has 104 valence electrons. The van der Waals surface area contributed by atoms with Gasteiger partial charge in [0.25, 0.3) is 11.8 Å². The van der Waals surface area contributed by atoms with Crippen molar-refractivity contribution < 1.29 is 9.59 Å². The van der Waals surface area contributed by atoms with Crippen LogP contribution in [0.4, 0.5) is 0 Å². The van der Waals surface area contributed by atoms with Crippen LogP contribution < -0.4 is 0 Å². The first kappa shape index (κ1) is 12.9. The monoisotopic (exact) mass is 270 g/mol. The van der Waals surface area contributed by atoms with Crippen LogP contribution in [0.3, 0.4) is 0 Å². The molecule has 1 saturated heterocycles. The molecular formula is C16H18N2O2. The van der Waals surface area contributed by atoms with Gasteiger partial charge in [0.05, 0.1) is 5.57 Å². The third-order valence-corrected chi connectivity index (χ3v) is 3.94. The molecule has 0 aliphatic carbocycles. The van der Waals surface area contributed by atoms with Gasteiger partial charge in [-0.2, -0.15) is 0 Å². The summed E-state index contributed by atoms with van der Waals surface area (Å²) in [5.74, 6) is -0.302. The van der Waals surface area contributed by atoms with E-state index in [1.54, 1.807) is 0 Å². The van der Waals surface area contributed by atoms with Crippen molar-refractivity contribution >= 4 is 17.4 Å². The van der Waals surface area contributed by atoms with Gasteiger partial charge in [0.1, 0.15) is 5.70 Å². The highest BCUT2D eigenvalue weighted by Crippen LogP contribution is 2.32. The summed E-state index contributed by atoms with van der Waals surface area (Å²) in [6.45, 7) is 3.99. The number of nitrogens with zero attached hydrogens (tertiary/aromatic N) is 2. The van der Waals surface area contributed by atoms with E-state index in [4.69, 9.17) is 0 Å². The molecule has 0 aromatic heterocycles. The summed E-state index contributed by atoms with van der Waals surface area (Å²) < 4.78 is 0. The van der Waals surface area contributed by atoms with Crippen LogP contribution in [0.5, 0.6) is 0 Å². The van der Waals surface area contributed by atoms with Crippen molar-refractivity contribution in [2.24, 2.45) is 0 Å². The zero-order valence-corrected chi connectivity index (χ0v) is 11.6. The van der Waals surface area contributed by atoms with Gasteiger partial charge in [-0.15, -0.1) is 0 Å². The Morgan fingerprint density at radius 2 is 1.65 bits per heavy atom. The SMILES string of the molecule is CCN1C(=O)C(c2ccccc2)=C(N2CCCC2)C1=O. The second-order valence-electron chi connectivity index (χ2n) is 5.14. The zero-order chi connectivity index (χ0) is 14.1. The van der Waals surface area contributed by atoms with Gasteiger partial charge in [-0.1, -0.05) is 30.3 Å². The average Bonchev–Trinajstić information content (AvgIpc) is 3.06. The lowest BCUT2D eigenvalue weighted by molar-refractivity contribution is -0.137. The number of likely N-dealkylation sites (N-methyl/N-ethyl adjacent to an activating group) is 1. The van der Waals surface area contributed by atoms with E-state index in [1.165, 1.54) is 4.90 Å². The molecule has 20 heavy (non-hydrogen) atoms. The van der Waals surface area contributed by atoms with Gasteiger partial charge < -0.3 is 4.90 Å². The Balaban J connectivity index is 2.11. The molecule has 3 rings (SSSR count). The van der Waals surface area contributed by atoms with E-state index in [9.17, 15) is 9.59 Å². The molecule has 0 saturated carbocycles. The van der Waals surface area contributed by atoms with Gasteiger partial charge >= 0.3 is 0 Å². The first-order chi connectivity index (χ1) is 9.74. The van der Waals surface area contributed by atoms with Crippen molar-refractivity contribution in [1.29, 1.82) is 0 Å². The largest absolute Gasteiger partial charge is 0.366 e. The minimum Gasteiger partial charge on any atom is -0.366 e. The third-order valence-electron chi connectivity index (χ3n) is 3.94. The van der Waals surface area contributed by atoms with Crippen LogP contribution in [0.25, 0.3) is 5.57 Å². The van der Waals surface area contributed by atoms with Crippen molar-refractivity contribution in [3.8, 4) is 0 Å². The van der Waals surface area contributed by atoms with Gasteiger partial charge in [0.2, 0.25) is 0 Å². The van der Waals surface area contributed by atoms with E-state index >= 15 is 0 Å². The maximum Gasteiger partial charge on any atom is 0.277 e. The fourth-order valence-corrected chi connectivity index (χ4v) is 2.95. The Morgan fingerprint density at radius 1 is 1.00 bits per heavy atom. The van der Waals surface area contributed by atoms with Gasteiger partial charge in [-0.25, -0.2) is 0 Å². The number of amides is 2. The zero-order valence-electron chi connectivity index (χ0n) is 11.6. The van der Waals surface area contributed by atoms with Crippen molar-refractivity contribution in [1.82, 2.24) is 9.80 Å². The Bertz CT molecular complexity index is 571. The lowest BCUT2D eigenvalue weighted by Gasteiger charge is -2.19. The summed E-state index contributed by atoms with van der Waals surface area (Å²) in [7, 11) is 0. The smallest absolute Gasteiger partial charge is 0.277 e. The number of likely N-dealkylation sites (tertiary alicyclic amines) is 1. The van der Waals surface area contributed by atoms with E-state index in [0.29, 0.717) is 17.8 Å². The average molecular weight is 270 g/mol. The minimum atomic E-state index is -0.161. The third kappa shape index (κ3) is 1.92. The molecule has 1 aromatic carbocycles.